The second kappa shape index (κ2) is 6.29. The number of aromatic nitrogens is 2. The maximum absolute atomic E-state index is 14.2. The zero-order chi connectivity index (χ0) is 17.6. The summed E-state index contributed by atoms with van der Waals surface area (Å²) in [5, 5.41) is 5.26. The molecule has 0 spiro atoms. The van der Waals surface area contributed by atoms with Crippen LogP contribution in [-0.2, 0) is 11.9 Å². The van der Waals surface area contributed by atoms with E-state index in [2.05, 4.69) is 24.2 Å². The summed E-state index contributed by atoms with van der Waals surface area (Å²) in [6.07, 6.45) is 1.02. The Morgan fingerprint density at radius 2 is 2.21 bits per heavy atom. The minimum Gasteiger partial charge on any atom is -0.274 e. The largest absolute Gasteiger partial charge is 0.284 e. The number of hydroxylamine groups is 2. The first-order valence-corrected chi connectivity index (χ1v) is 8.79. The minimum absolute atomic E-state index is 0.0182. The normalized spacial score (nSPS) is 20.9. The van der Waals surface area contributed by atoms with Crippen LogP contribution in [0.3, 0.4) is 0 Å². The first-order chi connectivity index (χ1) is 11.3. The lowest BCUT2D eigenvalue weighted by Crippen LogP contribution is -2.40. The van der Waals surface area contributed by atoms with E-state index in [0.717, 1.165) is 11.1 Å². The zero-order valence-corrected chi connectivity index (χ0v) is 15.4. The van der Waals surface area contributed by atoms with Crippen molar-refractivity contribution in [3.63, 3.8) is 0 Å². The molecule has 1 aliphatic rings. The Morgan fingerprint density at radius 1 is 1.50 bits per heavy atom. The van der Waals surface area contributed by atoms with Crippen molar-refractivity contribution in [1.29, 1.82) is 0 Å². The number of carbonyl (C=O) groups excluding carboxylic acids is 1. The lowest BCUT2D eigenvalue weighted by atomic mass is 10.1. The number of thiophene rings is 1. The van der Waals surface area contributed by atoms with E-state index in [1.807, 2.05) is 6.92 Å². The van der Waals surface area contributed by atoms with E-state index in [-0.39, 0.29) is 11.6 Å². The summed E-state index contributed by atoms with van der Waals surface area (Å²) in [5.41, 5.74) is 0.353. The molecule has 0 saturated heterocycles. The molecular weight excluding hydrogens is 329 g/mol. The van der Waals surface area contributed by atoms with Crippen molar-refractivity contribution in [3.05, 3.63) is 39.1 Å². The average Bonchev–Trinajstić information content (AvgIpc) is 3.14. The fourth-order valence-electron chi connectivity index (χ4n) is 3.32. The van der Waals surface area contributed by atoms with Crippen molar-refractivity contribution in [3.8, 4) is 0 Å². The van der Waals surface area contributed by atoms with E-state index in [4.69, 9.17) is 4.84 Å². The highest BCUT2D eigenvalue weighted by molar-refractivity contribution is 7.12. The second-order valence-corrected chi connectivity index (χ2v) is 7.70. The van der Waals surface area contributed by atoms with Crippen LogP contribution in [0.2, 0.25) is 0 Å². The van der Waals surface area contributed by atoms with Crippen LogP contribution in [0.15, 0.2) is 12.1 Å². The van der Waals surface area contributed by atoms with Crippen LogP contribution in [0, 0.1) is 25.7 Å². The van der Waals surface area contributed by atoms with Crippen molar-refractivity contribution >= 4 is 17.2 Å². The number of hydrogen-bond acceptors (Lipinski definition) is 4. The summed E-state index contributed by atoms with van der Waals surface area (Å²) in [6.45, 7) is 5.67. The SMILES string of the molecule is CON(C(=O)c1c(C)nn(C)c1F)C(C)C1CC1c1ccc(C)s1. The fraction of sp³-hybridized carbons (Fsp3) is 0.529. The van der Waals surface area contributed by atoms with Gasteiger partial charge in [0.1, 0.15) is 5.56 Å². The van der Waals surface area contributed by atoms with E-state index >= 15 is 0 Å². The Hall–Kier alpha value is -1.73. The Morgan fingerprint density at radius 3 is 2.71 bits per heavy atom. The molecule has 0 N–H and O–H groups in total. The lowest BCUT2D eigenvalue weighted by Gasteiger charge is -2.26. The summed E-state index contributed by atoms with van der Waals surface area (Å²) in [4.78, 5) is 20.7. The van der Waals surface area contributed by atoms with Gasteiger partial charge in [0.15, 0.2) is 0 Å². The predicted molar refractivity (Wildman–Crippen MR) is 90.4 cm³/mol. The van der Waals surface area contributed by atoms with Gasteiger partial charge >= 0.3 is 0 Å². The predicted octanol–water partition coefficient (Wildman–Crippen LogP) is 3.43. The van der Waals surface area contributed by atoms with Gasteiger partial charge in [-0.2, -0.15) is 9.49 Å². The summed E-state index contributed by atoms with van der Waals surface area (Å²) >= 11 is 1.79. The summed E-state index contributed by atoms with van der Waals surface area (Å²) in [5.74, 6) is -0.329. The molecule has 1 aliphatic carbocycles. The number of aryl methyl sites for hydroxylation is 3. The van der Waals surface area contributed by atoms with E-state index in [1.54, 1.807) is 18.3 Å². The molecule has 2 aromatic heterocycles. The van der Waals surface area contributed by atoms with Gasteiger partial charge in [0.2, 0.25) is 5.95 Å². The van der Waals surface area contributed by atoms with Gasteiger partial charge in [0, 0.05) is 16.8 Å². The first-order valence-electron chi connectivity index (χ1n) is 7.98. The summed E-state index contributed by atoms with van der Waals surface area (Å²) in [7, 11) is 2.93. The number of halogens is 1. The maximum Gasteiger partial charge on any atom is 0.284 e. The molecule has 3 atom stereocenters. The molecule has 5 nitrogen and oxygen atoms in total. The fourth-order valence-corrected chi connectivity index (χ4v) is 4.39. The smallest absolute Gasteiger partial charge is 0.274 e. The van der Waals surface area contributed by atoms with Gasteiger partial charge in [0.05, 0.1) is 18.8 Å². The Balaban J connectivity index is 1.78. The van der Waals surface area contributed by atoms with Gasteiger partial charge in [-0.25, -0.2) is 9.75 Å². The van der Waals surface area contributed by atoms with Gasteiger partial charge in [-0.1, -0.05) is 0 Å². The van der Waals surface area contributed by atoms with Crippen LogP contribution in [0.1, 0.15) is 45.1 Å². The first kappa shape index (κ1) is 17.1. The lowest BCUT2D eigenvalue weighted by molar-refractivity contribution is -0.124. The third-order valence-corrected chi connectivity index (χ3v) is 5.85. The molecule has 0 radical (unpaired) electrons. The third-order valence-electron chi connectivity index (χ3n) is 4.72. The highest BCUT2D eigenvalue weighted by Crippen LogP contribution is 2.52. The third kappa shape index (κ3) is 2.86. The molecule has 1 amide bonds. The van der Waals surface area contributed by atoms with Crippen LogP contribution in [0.5, 0.6) is 0 Å². The Labute approximate surface area is 145 Å². The van der Waals surface area contributed by atoms with Crippen LogP contribution in [-0.4, -0.2) is 33.9 Å². The Kier molecular flexibility index (Phi) is 4.48. The topological polar surface area (TPSA) is 47.4 Å². The van der Waals surface area contributed by atoms with Gasteiger partial charge in [-0.05, 0) is 51.2 Å². The van der Waals surface area contributed by atoms with Crippen LogP contribution in [0.25, 0.3) is 0 Å². The van der Waals surface area contributed by atoms with Crippen LogP contribution < -0.4 is 0 Å². The monoisotopic (exact) mass is 351 g/mol. The molecule has 3 unspecified atom stereocenters. The molecule has 1 fully saturated rings. The number of nitrogens with zero attached hydrogens (tertiary/aromatic N) is 3. The van der Waals surface area contributed by atoms with Crippen molar-refractivity contribution < 1.29 is 14.0 Å². The van der Waals surface area contributed by atoms with E-state index < -0.39 is 11.9 Å². The van der Waals surface area contributed by atoms with Crippen molar-refractivity contribution in [2.24, 2.45) is 13.0 Å². The zero-order valence-electron chi connectivity index (χ0n) is 14.5. The molecule has 2 heterocycles. The van der Waals surface area contributed by atoms with Crippen molar-refractivity contribution in [2.45, 2.75) is 39.2 Å². The molecule has 7 heteroatoms. The molecule has 130 valence electrons. The molecular formula is C17H22FN3O2S. The van der Waals surface area contributed by atoms with Gasteiger partial charge < -0.3 is 0 Å². The molecule has 0 aliphatic heterocycles. The van der Waals surface area contributed by atoms with Gasteiger partial charge in [-0.3, -0.25) is 9.63 Å². The van der Waals surface area contributed by atoms with E-state index in [0.29, 0.717) is 17.5 Å². The summed E-state index contributed by atoms with van der Waals surface area (Å²) < 4.78 is 15.3. The number of rotatable bonds is 5. The quantitative estimate of drug-likeness (QED) is 0.776. The number of carbonyl (C=O) groups is 1. The molecule has 2 aromatic rings. The van der Waals surface area contributed by atoms with Gasteiger partial charge in [0.25, 0.3) is 5.91 Å². The van der Waals surface area contributed by atoms with Crippen molar-refractivity contribution in [1.82, 2.24) is 14.8 Å². The van der Waals surface area contributed by atoms with Gasteiger partial charge in [-0.15, -0.1) is 11.3 Å². The van der Waals surface area contributed by atoms with E-state index in [1.165, 1.54) is 29.0 Å². The van der Waals surface area contributed by atoms with Crippen molar-refractivity contribution in [2.75, 3.05) is 7.11 Å². The molecule has 0 aromatic carbocycles. The average molecular weight is 351 g/mol. The standard InChI is InChI=1S/C17H22FN3O2S/c1-9-6-7-14(24-9)13-8-12(13)11(3)21(23-5)17(22)15-10(2)19-20(4)16(15)18/h6-7,11-13H,8H2,1-5H3. The number of hydrogen-bond donors (Lipinski definition) is 0. The van der Waals surface area contributed by atoms with E-state index in [9.17, 15) is 9.18 Å². The minimum atomic E-state index is -0.632. The number of amides is 1. The van der Waals surface area contributed by atoms with Crippen LogP contribution >= 0.6 is 11.3 Å². The highest BCUT2D eigenvalue weighted by Gasteiger charge is 2.47. The molecule has 0 bridgehead atoms. The second-order valence-electron chi connectivity index (χ2n) is 6.38. The molecule has 1 saturated carbocycles. The maximum atomic E-state index is 14.2. The van der Waals surface area contributed by atoms with Crippen LogP contribution in [0.4, 0.5) is 4.39 Å². The molecule has 24 heavy (non-hydrogen) atoms. The Bertz CT molecular complexity index is 770. The molecule has 3 rings (SSSR count). The summed E-state index contributed by atoms with van der Waals surface area (Å²) in [6, 6.07) is 4.14. The highest BCUT2D eigenvalue weighted by atomic mass is 32.1.